The maximum absolute atomic E-state index is 5.65. The highest BCUT2D eigenvalue weighted by Gasteiger charge is 2.07. The van der Waals surface area contributed by atoms with Gasteiger partial charge in [0, 0.05) is 22.6 Å². The van der Waals surface area contributed by atoms with Gasteiger partial charge in [0.15, 0.2) is 0 Å². The molecule has 0 saturated carbocycles. The summed E-state index contributed by atoms with van der Waals surface area (Å²) in [6.45, 7) is 0.517. The van der Waals surface area contributed by atoms with Gasteiger partial charge >= 0.3 is 0 Å². The Kier molecular flexibility index (Phi) is 2.48. The summed E-state index contributed by atoms with van der Waals surface area (Å²) >= 11 is 3.44. The fourth-order valence-electron chi connectivity index (χ4n) is 1.55. The Hall–Kier alpha value is -1.00. The number of benzene rings is 1. The van der Waals surface area contributed by atoms with Crippen molar-refractivity contribution in [3.8, 4) is 0 Å². The van der Waals surface area contributed by atoms with E-state index < -0.39 is 0 Å². The molecule has 0 bridgehead atoms. The third-order valence-corrected chi connectivity index (χ3v) is 2.72. The number of halogens is 1. The maximum Gasteiger partial charge on any atom is 0.104 e. The van der Waals surface area contributed by atoms with E-state index in [2.05, 4.69) is 15.9 Å². The Labute approximate surface area is 90.5 Å². The highest BCUT2D eigenvalue weighted by atomic mass is 79.9. The Balaban J connectivity index is 2.75. The van der Waals surface area contributed by atoms with Crippen LogP contribution >= 0.6 is 15.9 Å². The summed E-state index contributed by atoms with van der Waals surface area (Å²) in [5.41, 5.74) is 7.77. The molecule has 2 aromatic rings. The number of nitrogens with zero attached hydrogens (tertiary/aromatic N) is 1. The number of hydrogen-bond donors (Lipinski definition) is 1. The molecule has 0 spiro atoms. The van der Waals surface area contributed by atoms with Crippen LogP contribution in [0.25, 0.3) is 10.9 Å². The second-order valence-electron chi connectivity index (χ2n) is 3.03. The van der Waals surface area contributed by atoms with E-state index in [4.69, 9.17) is 10.6 Å². The first-order valence-corrected chi connectivity index (χ1v) is 5.09. The van der Waals surface area contributed by atoms with Crippen molar-refractivity contribution >= 4 is 26.8 Å². The van der Waals surface area contributed by atoms with Crippen LogP contribution in [0.5, 0.6) is 0 Å². The first-order chi connectivity index (χ1) is 6.76. The molecule has 0 radical (unpaired) electrons. The fourth-order valence-corrected chi connectivity index (χ4v) is 1.91. The molecule has 0 aliphatic rings. The van der Waals surface area contributed by atoms with Gasteiger partial charge in [0.2, 0.25) is 0 Å². The molecule has 74 valence electrons. The van der Waals surface area contributed by atoms with Gasteiger partial charge in [0.05, 0.1) is 5.52 Å². The molecular weight excluding hydrogens is 244 g/mol. The van der Waals surface area contributed by atoms with E-state index in [0.29, 0.717) is 6.54 Å². The standard InChI is InChI=1S/C10H11BrN2O/c1-14-13-6-7(5-12)9-4-8(11)2-3-10(9)13/h2-4,6H,5,12H2,1H3. The predicted octanol–water partition coefficient (Wildman–Crippen LogP) is 1.92. The largest absolute Gasteiger partial charge is 0.417 e. The van der Waals surface area contributed by atoms with E-state index in [9.17, 15) is 0 Å². The third-order valence-electron chi connectivity index (χ3n) is 2.23. The molecule has 1 aromatic carbocycles. The number of rotatable bonds is 2. The first kappa shape index (κ1) is 9.55. The molecule has 0 aliphatic heterocycles. The molecule has 0 saturated heterocycles. The van der Waals surface area contributed by atoms with Gasteiger partial charge in [-0.05, 0) is 23.8 Å². The van der Waals surface area contributed by atoms with E-state index in [1.165, 1.54) is 0 Å². The van der Waals surface area contributed by atoms with Crippen LogP contribution in [-0.4, -0.2) is 11.8 Å². The van der Waals surface area contributed by atoms with Gasteiger partial charge in [-0.1, -0.05) is 15.9 Å². The maximum atomic E-state index is 5.65. The van der Waals surface area contributed by atoms with Crippen LogP contribution in [0.4, 0.5) is 0 Å². The molecule has 2 N–H and O–H groups in total. The van der Waals surface area contributed by atoms with E-state index in [0.717, 1.165) is 20.9 Å². The highest BCUT2D eigenvalue weighted by Crippen LogP contribution is 2.24. The zero-order valence-electron chi connectivity index (χ0n) is 7.83. The lowest BCUT2D eigenvalue weighted by molar-refractivity contribution is 0.179. The molecule has 1 heterocycles. The average Bonchev–Trinajstić information content (AvgIpc) is 2.55. The van der Waals surface area contributed by atoms with Crippen molar-refractivity contribution in [1.29, 1.82) is 0 Å². The molecule has 2 rings (SSSR count). The quantitative estimate of drug-likeness (QED) is 0.890. The summed E-state index contributed by atoms with van der Waals surface area (Å²) in [6, 6.07) is 6.03. The van der Waals surface area contributed by atoms with Crippen molar-refractivity contribution in [3.05, 3.63) is 34.4 Å². The Morgan fingerprint density at radius 2 is 2.29 bits per heavy atom. The smallest absolute Gasteiger partial charge is 0.104 e. The molecule has 0 unspecified atom stereocenters. The molecule has 0 atom stereocenters. The normalized spacial score (nSPS) is 10.8. The van der Waals surface area contributed by atoms with Crippen LogP contribution in [-0.2, 0) is 6.54 Å². The molecule has 3 nitrogen and oxygen atoms in total. The van der Waals surface area contributed by atoms with Crippen molar-refractivity contribution in [3.63, 3.8) is 0 Å². The molecule has 4 heteroatoms. The van der Waals surface area contributed by atoms with Crippen LogP contribution in [0.2, 0.25) is 0 Å². The van der Waals surface area contributed by atoms with Gasteiger partial charge < -0.3 is 10.6 Å². The van der Waals surface area contributed by atoms with Gasteiger partial charge in [0.1, 0.15) is 7.11 Å². The summed E-state index contributed by atoms with van der Waals surface area (Å²) in [4.78, 5) is 5.20. The Morgan fingerprint density at radius 1 is 1.50 bits per heavy atom. The lowest BCUT2D eigenvalue weighted by atomic mass is 10.2. The van der Waals surface area contributed by atoms with Crippen LogP contribution in [0.1, 0.15) is 5.56 Å². The Bertz CT molecular complexity index is 464. The van der Waals surface area contributed by atoms with Gasteiger partial charge in [-0.25, -0.2) is 0 Å². The summed E-state index contributed by atoms with van der Waals surface area (Å²) in [7, 11) is 1.64. The Morgan fingerprint density at radius 3 is 2.93 bits per heavy atom. The minimum atomic E-state index is 0.517. The van der Waals surface area contributed by atoms with Crippen molar-refractivity contribution in [2.75, 3.05) is 7.11 Å². The number of nitrogens with two attached hydrogens (primary N) is 1. The lowest BCUT2D eigenvalue weighted by Gasteiger charge is -2.00. The minimum absolute atomic E-state index is 0.517. The SMILES string of the molecule is COn1cc(CN)c2cc(Br)ccc21. The van der Waals surface area contributed by atoms with E-state index in [1.54, 1.807) is 11.8 Å². The monoisotopic (exact) mass is 254 g/mol. The summed E-state index contributed by atoms with van der Waals surface area (Å²) in [6.07, 6.45) is 1.91. The third kappa shape index (κ3) is 1.40. The molecule has 14 heavy (non-hydrogen) atoms. The van der Waals surface area contributed by atoms with Crippen molar-refractivity contribution in [2.24, 2.45) is 5.73 Å². The average molecular weight is 255 g/mol. The summed E-state index contributed by atoms with van der Waals surface area (Å²) < 4.78 is 2.78. The fraction of sp³-hybridized carbons (Fsp3) is 0.200. The van der Waals surface area contributed by atoms with Gasteiger partial charge in [-0.15, -0.1) is 0 Å². The zero-order chi connectivity index (χ0) is 10.1. The second kappa shape index (κ2) is 3.63. The molecule has 0 aliphatic carbocycles. The van der Waals surface area contributed by atoms with Crippen molar-refractivity contribution in [1.82, 2.24) is 4.73 Å². The van der Waals surface area contributed by atoms with Gasteiger partial charge in [-0.3, -0.25) is 0 Å². The van der Waals surface area contributed by atoms with Crippen LogP contribution in [0.3, 0.4) is 0 Å². The van der Waals surface area contributed by atoms with Crippen molar-refractivity contribution < 1.29 is 4.84 Å². The van der Waals surface area contributed by atoms with Crippen LogP contribution in [0, 0.1) is 0 Å². The minimum Gasteiger partial charge on any atom is -0.417 e. The van der Waals surface area contributed by atoms with Gasteiger partial charge in [0.25, 0.3) is 0 Å². The molecule has 1 aromatic heterocycles. The molecular formula is C10H11BrN2O. The van der Waals surface area contributed by atoms with E-state index in [1.807, 2.05) is 24.4 Å². The number of aromatic nitrogens is 1. The second-order valence-corrected chi connectivity index (χ2v) is 3.94. The predicted molar refractivity (Wildman–Crippen MR) is 60.0 cm³/mol. The molecule has 0 fully saturated rings. The zero-order valence-corrected chi connectivity index (χ0v) is 9.41. The highest BCUT2D eigenvalue weighted by molar-refractivity contribution is 9.10. The van der Waals surface area contributed by atoms with E-state index in [-0.39, 0.29) is 0 Å². The summed E-state index contributed by atoms with van der Waals surface area (Å²) in [5, 5.41) is 1.13. The molecule has 0 amide bonds. The topological polar surface area (TPSA) is 40.2 Å². The first-order valence-electron chi connectivity index (χ1n) is 4.30. The van der Waals surface area contributed by atoms with Crippen LogP contribution in [0.15, 0.2) is 28.9 Å². The van der Waals surface area contributed by atoms with Crippen molar-refractivity contribution in [2.45, 2.75) is 6.54 Å². The van der Waals surface area contributed by atoms with Gasteiger partial charge in [-0.2, -0.15) is 4.73 Å². The van der Waals surface area contributed by atoms with E-state index >= 15 is 0 Å². The van der Waals surface area contributed by atoms with Crippen LogP contribution < -0.4 is 10.6 Å². The number of hydrogen-bond acceptors (Lipinski definition) is 2. The number of fused-ring (bicyclic) bond motifs is 1. The summed E-state index contributed by atoms with van der Waals surface area (Å²) in [5.74, 6) is 0. The lowest BCUT2D eigenvalue weighted by Crippen LogP contribution is -2.03.